The predicted octanol–water partition coefficient (Wildman–Crippen LogP) is 3.40. The number of hydrogen-bond acceptors (Lipinski definition) is 6. The average Bonchev–Trinajstić information content (AvgIpc) is 3.53. The molecule has 1 unspecified atom stereocenters. The summed E-state index contributed by atoms with van der Waals surface area (Å²) < 4.78 is 59.3. The highest BCUT2D eigenvalue weighted by molar-refractivity contribution is 5.53. The fourth-order valence-electron chi connectivity index (χ4n) is 3.55. The highest BCUT2D eigenvalue weighted by Gasteiger charge is 2.42. The lowest BCUT2D eigenvalue weighted by atomic mass is 10.0. The van der Waals surface area contributed by atoms with Crippen molar-refractivity contribution in [2.24, 2.45) is 5.41 Å². The molecule has 10 heteroatoms. The van der Waals surface area contributed by atoms with Crippen molar-refractivity contribution < 1.29 is 27.4 Å². The molecule has 2 aliphatic rings. The van der Waals surface area contributed by atoms with Gasteiger partial charge in [-0.25, -0.2) is 9.97 Å². The van der Waals surface area contributed by atoms with E-state index in [0.29, 0.717) is 25.3 Å². The summed E-state index contributed by atoms with van der Waals surface area (Å²) in [5.41, 5.74) is -0.390. The number of alkyl halides is 3. The van der Waals surface area contributed by atoms with Crippen molar-refractivity contribution >= 4 is 11.6 Å². The van der Waals surface area contributed by atoms with Crippen LogP contribution in [0.25, 0.3) is 0 Å². The first-order valence-corrected chi connectivity index (χ1v) is 9.70. The molecule has 0 bridgehead atoms. The minimum atomic E-state index is -4.42. The van der Waals surface area contributed by atoms with Gasteiger partial charge in [-0.3, -0.25) is 0 Å². The number of benzene rings is 1. The van der Waals surface area contributed by atoms with Gasteiger partial charge in [0.05, 0.1) is 31.4 Å². The van der Waals surface area contributed by atoms with Crippen LogP contribution in [0.5, 0.6) is 0 Å². The van der Waals surface area contributed by atoms with E-state index in [0.717, 1.165) is 25.0 Å². The first-order valence-electron chi connectivity index (χ1n) is 9.70. The molecule has 30 heavy (non-hydrogen) atoms. The van der Waals surface area contributed by atoms with Crippen LogP contribution in [0.3, 0.4) is 0 Å². The molecule has 2 heterocycles. The van der Waals surface area contributed by atoms with Gasteiger partial charge in [0.25, 0.3) is 0 Å². The van der Waals surface area contributed by atoms with Crippen molar-refractivity contribution in [2.45, 2.75) is 25.1 Å². The lowest BCUT2D eigenvalue weighted by Crippen LogP contribution is -2.40. The van der Waals surface area contributed by atoms with E-state index in [9.17, 15) is 18.3 Å². The molecular formula is C20H22F4N4O2. The van der Waals surface area contributed by atoms with E-state index in [2.05, 4.69) is 15.3 Å². The number of aromatic nitrogens is 2. The van der Waals surface area contributed by atoms with Crippen molar-refractivity contribution in [3.63, 3.8) is 0 Å². The van der Waals surface area contributed by atoms with Gasteiger partial charge in [-0.1, -0.05) is 12.1 Å². The molecule has 1 saturated carbocycles. The summed E-state index contributed by atoms with van der Waals surface area (Å²) in [7, 11) is 0. The Kier molecular flexibility index (Phi) is 5.54. The molecule has 6 nitrogen and oxygen atoms in total. The van der Waals surface area contributed by atoms with E-state index in [4.69, 9.17) is 4.74 Å². The van der Waals surface area contributed by atoms with E-state index in [1.807, 2.05) is 0 Å². The molecule has 1 aliphatic heterocycles. The number of aliphatic hydroxyl groups excluding tert-OH is 1. The Bertz CT molecular complexity index is 887. The normalized spacial score (nSPS) is 20.8. The largest absolute Gasteiger partial charge is 0.416 e. The molecule has 2 N–H and O–H groups in total. The number of morpholine rings is 1. The third kappa shape index (κ3) is 4.20. The van der Waals surface area contributed by atoms with Gasteiger partial charge in [0.15, 0.2) is 11.6 Å². The molecule has 2 fully saturated rings. The molecule has 0 spiro atoms. The molecule has 1 aromatic carbocycles. The summed E-state index contributed by atoms with van der Waals surface area (Å²) in [6, 6.07) is 4.30. The van der Waals surface area contributed by atoms with E-state index in [-0.39, 0.29) is 30.3 Å². The van der Waals surface area contributed by atoms with Gasteiger partial charge in [-0.15, -0.1) is 0 Å². The zero-order valence-electron chi connectivity index (χ0n) is 16.1. The predicted molar refractivity (Wildman–Crippen MR) is 102 cm³/mol. The lowest BCUT2D eigenvalue weighted by Gasteiger charge is -2.37. The summed E-state index contributed by atoms with van der Waals surface area (Å²) in [6.07, 6.45) is -1.43. The second-order valence-corrected chi connectivity index (χ2v) is 7.78. The summed E-state index contributed by atoms with van der Waals surface area (Å²) in [5, 5.41) is 12.4. The summed E-state index contributed by atoms with van der Waals surface area (Å²) in [4.78, 5) is 9.75. The monoisotopic (exact) mass is 426 g/mol. The molecular weight excluding hydrogens is 404 g/mol. The van der Waals surface area contributed by atoms with Gasteiger partial charge in [0.1, 0.15) is 6.33 Å². The quantitative estimate of drug-likeness (QED) is 0.690. The first kappa shape index (κ1) is 20.8. The van der Waals surface area contributed by atoms with Crippen LogP contribution in [0.1, 0.15) is 30.0 Å². The van der Waals surface area contributed by atoms with Gasteiger partial charge in [0.2, 0.25) is 5.82 Å². The average molecular weight is 426 g/mol. The number of hydrogen-bond donors (Lipinski definition) is 2. The summed E-state index contributed by atoms with van der Waals surface area (Å²) in [5.74, 6) is -0.531. The number of ether oxygens (including phenoxy) is 1. The van der Waals surface area contributed by atoms with Crippen molar-refractivity contribution in [3.8, 4) is 0 Å². The van der Waals surface area contributed by atoms with Crippen molar-refractivity contribution in [2.75, 3.05) is 43.1 Å². The van der Waals surface area contributed by atoms with Crippen LogP contribution in [-0.2, 0) is 10.9 Å². The molecule has 4 rings (SSSR count). The third-order valence-electron chi connectivity index (χ3n) is 5.72. The number of rotatable bonds is 6. The number of halogens is 4. The van der Waals surface area contributed by atoms with Crippen LogP contribution in [0.2, 0.25) is 0 Å². The smallest absolute Gasteiger partial charge is 0.396 e. The Morgan fingerprint density at radius 1 is 1.20 bits per heavy atom. The van der Waals surface area contributed by atoms with Gasteiger partial charge in [-0.05, 0) is 30.5 Å². The minimum absolute atomic E-state index is 0.0268. The van der Waals surface area contributed by atoms with Crippen LogP contribution in [0.4, 0.5) is 29.2 Å². The van der Waals surface area contributed by atoms with Gasteiger partial charge >= 0.3 is 6.18 Å². The molecule has 1 atom stereocenters. The molecule has 2 aromatic rings. The Morgan fingerprint density at radius 3 is 2.57 bits per heavy atom. The first-order chi connectivity index (χ1) is 14.3. The Balaban J connectivity index is 1.57. The number of nitrogens with one attached hydrogen (secondary N) is 1. The van der Waals surface area contributed by atoms with Crippen LogP contribution in [0.15, 0.2) is 30.6 Å². The van der Waals surface area contributed by atoms with E-state index in [1.165, 1.54) is 18.5 Å². The topological polar surface area (TPSA) is 70.5 Å². The van der Waals surface area contributed by atoms with E-state index in [1.54, 1.807) is 4.90 Å². The number of aliphatic hydroxyl groups is 1. The van der Waals surface area contributed by atoms with E-state index < -0.39 is 23.6 Å². The van der Waals surface area contributed by atoms with Crippen LogP contribution in [-0.4, -0.2) is 48.0 Å². The lowest BCUT2D eigenvalue weighted by molar-refractivity contribution is -0.137. The summed E-state index contributed by atoms with van der Waals surface area (Å²) >= 11 is 0. The maximum Gasteiger partial charge on any atom is 0.416 e. The molecule has 1 aliphatic carbocycles. The molecule has 0 amide bonds. The zero-order valence-corrected chi connectivity index (χ0v) is 16.1. The molecule has 0 radical (unpaired) electrons. The highest BCUT2D eigenvalue weighted by Crippen LogP contribution is 2.45. The molecule has 1 aromatic heterocycles. The molecule has 162 valence electrons. The van der Waals surface area contributed by atoms with Crippen LogP contribution in [0, 0.1) is 11.2 Å². The number of anilines is 2. The Morgan fingerprint density at radius 2 is 1.93 bits per heavy atom. The Labute approximate surface area is 170 Å². The summed E-state index contributed by atoms with van der Waals surface area (Å²) in [6.45, 7) is 1.31. The van der Waals surface area contributed by atoms with E-state index >= 15 is 4.39 Å². The molecule has 1 saturated heterocycles. The standard InChI is InChI=1S/C20H22F4N4O2/c21-16-17(25-10-19(11-29)5-6-19)26-12-27-18(16)28-7-8-30-9-15(28)13-1-3-14(4-2-13)20(22,23)24/h1-4,12,15,29H,5-11H2,(H,25,26,27). The minimum Gasteiger partial charge on any atom is -0.396 e. The SMILES string of the molecule is OCC1(CNc2ncnc(N3CCOCC3c3ccc(C(F)(F)F)cc3)c2F)CC1. The Hall–Kier alpha value is -2.46. The maximum atomic E-state index is 15.2. The highest BCUT2D eigenvalue weighted by atomic mass is 19.4. The fourth-order valence-corrected chi connectivity index (χ4v) is 3.55. The third-order valence-corrected chi connectivity index (χ3v) is 5.72. The van der Waals surface area contributed by atoms with Crippen LogP contribution >= 0.6 is 0 Å². The van der Waals surface area contributed by atoms with Crippen molar-refractivity contribution in [1.29, 1.82) is 0 Å². The second kappa shape index (κ2) is 7.99. The zero-order chi connectivity index (χ0) is 21.4. The second-order valence-electron chi connectivity index (χ2n) is 7.78. The van der Waals surface area contributed by atoms with Gasteiger partial charge in [-0.2, -0.15) is 17.6 Å². The van der Waals surface area contributed by atoms with Crippen LogP contribution < -0.4 is 10.2 Å². The van der Waals surface area contributed by atoms with Gasteiger partial charge < -0.3 is 20.1 Å². The number of nitrogens with zero attached hydrogens (tertiary/aromatic N) is 3. The maximum absolute atomic E-state index is 15.2. The fraction of sp³-hybridized carbons (Fsp3) is 0.500. The van der Waals surface area contributed by atoms with Gasteiger partial charge in [0, 0.05) is 18.5 Å². The van der Waals surface area contributed by atoms with Crippen molar-refractivity contribution in [1.82, 2.24) is 9.97 Å². The van der Waals surface area contributed by atoms with Crippen molar-refractivity contribution in [3.05, 3.63) is 47.5 Å².